The van der Waals surface area contributed by atoms with Gasteiger partial charge in [-0.1, -0.05) is 35.3 Å². The first kappa shape index (κ1) is 22.4. The Hall–Kier alpha value is -3.40. The van der Waals surface area contributed by atoms with Crippen LogP contribution >= 0.6 is 23.2 Å². The number of benzene rings is 2. The van der Waals surface area contributed by atoms with Crippen molar-refractivity contribution in [3.05, 3.63) is 69.3 Å². The number of amides is 2. The van der Waals surface area contributed by atoms with Crippen LogP contribution in [0.2, 0.25) is 10.0 Å². The molecule has 5 rings (SSSR count). The highest BCUT2D eigenvalue weighted by Crippen LogP contribution is 2.37. The molecule has 0 fully saturated rings. The molecule has 0 saturated carbocycles. The van der Waals surface area contributed by atoms with E-state index in [1.54, 1.807) is 23.1 Å². The molecule has 174 valence electrons. The number of fused-ring (bicyclic) bond motifs is 2. The number of halogens is 2. The van der Waals surface area contributed by atoms with Crippen LogP contribution in [0.3, 0.4) is 0 Å². The minimum atomic E-state index is -0.505. The van der Waals surface area contributed by atoms with Crippen molar-refractivity contribution in [2.75, 3.05) is 30.1 Å². The summed E-state index contributed by atoms with van der Waals surface area (Å²) in [6.45, 7) is 0.399. The number of carbonyl (C=O) groups excluding carboxylic acids is 2. The fourth-order valence-electron chi connectivity index (χ4n) is 4.00. The highest BCUT2D eigenvalue weighted by molar-refractivity contribution is 6.40. The zero-order valence-electron chi connectivity index (χ0n) is 17.8. The number of hydrogen-bond donors (Lipinski definition) is 2. The molecule has 0 spiro atoms. The van der Waals surface area contributed by atoms with E-state index in [0.29, 0.717) is 28.8 Å². The van der Waals surface area contributed by atoms with E-state index in [4.69, 9.17) is 33.0 Å². The van der Waals surface area contributed by atoms with Crippen LogP contribution in [-0.4, -0.2) is 51.7 Å². The van der Waals surface area contributed by atoms with Crippen LogP contribution in [-0.2, 0) is 17.8 Å². The Morgan fingerprint density at radius 3 is 2.74 bits per heavy atom. The van der Waals surface area contributed by atoms with Gasteiger partial charge >= 0.3 is 0 Å². The predicted octanol–water partition coefficient (Wildman–Crippen LogP) is 3.40. The van der Waals surface area contributed by atoms with Crippen molar-refractivity contribution in [3.8, 4) is 5.88 Å². The smallest absolute Gasteiger partial charge is 0.268 e. The number of carbonyl (C=O) groups is 2. The Kier molecular flexibility index (Phi) is 5.99. The van der Waals surface area contributed by atoms with Gasteiger partial charge in [0.1, 0.15) is 12.2 Å². The van der Waals surface area contributed by atoms with Crippen molar-refractivity contribution in [1.82, 2.24) is 14.9 Å². The zero-order valence-corrected chi connectivity index (χ0v) is 19.3. The van der Waals surface area contributed by atoms with Gasteiger partial charge in [0.2, 0.25) is 17.7 Å². The fourth-order valence-corrected chi connectivity index (χ4v) is 4.60. The molecule has 11 heteroatoms. The van der Waals surface area contributed by atoms with Gasteiger partial charge in [0, 0.05) is 25.0 Å². The van der Waals surface area contributed by atoms with Crippen LogP contribution in [0.15, 0.2) is 42.6 Å². The lowest BCUT2D eigenvalue weighted by Crippen LogP contribution is -2.39. The fraction of sp³-hybridized carbons (Fsp3) is 0.217. The topological polar surface area (TPSA) is 108 Å². The van der Waals surface area contributed by atoms with E-state index >= 15 is 0 Å². The highest BCUT2D eigenvalue weighted by Gasteiger charge is 2.31. The molecule has 2 aromatic carbocycles. The van der Waals surface area contributed by atoms with Crippen molar-refractivity contribution < 1.29 is 19.4 Å². The lowest BCUT2D eigenvalue weighted by atomic mass is 9.99. The van der Waals surface area contributed by atoms with E-state index < -0.39 is 6.61 Å². The monoisotopic (exact) mass is 499 g/mol. The van der Waals surface area contributed by atoms with Gasteiger partial charge in [-0.15, -0.1) is 0 Å². The molecule has 34 heavy (non-hydrogen) atoms. The Balaban J connectivity index is 1.36. The van der Waals surface area contributed by atoms with Crippen molar-refractivity contribution >= 4 is 52.3 Å². The molecule has 0 bridgehead atoms. The average Bonchev–Trinajstić information content (AvgIpc) is 2.84. The summed E-state index contributed by atoms with van der Waals surface area (Å²) in [4.78, 5) is 36.5. The summed E-state index contributed by atoms with van der Waals surface area (Å²) in [6.07, 6.45) is 2.11. The van der Waals surface area contributed by atoms with Crippen LogP contribution in [0, 0.1) is 0 Å². The summed E-state index contributed by atoms with van der Waals surface area (Å²) in [7, 11) is 0. The second-order valence-electron chi connectivity index (χ2n) is 7.82. The van der Waals surface area contributed by atoms with Crippen LogP contribution in [0.5, 0.6) is 5.88 Å². The minimum Gasteiger partial charge on any atom is -0.455 e. The molecule has 0 aliphatic carbocycles. The summed E-state index contributed by atoms with van der Waals surface area (Å²) >= 11 is 12.5. The van der Waals surface area contributed by atoms with E-state index in [2.05, 4.69) is 15.3 Å². The summed E-state index contributed by atoms with van der Waals surface area (Å²) in [5, 5.41) is 12.9. The summed E-state index contributed by atoms with van der Waals surface area (Å²) in [5.41, 5.74) is 3.41. The third-order valence-electron chi connectivity index (χ3n) is 5.73. The standard InChI is InChI=1S/C23H19Cl2N5O4/c24-17-2-1-3-18(25)20(17)30-12-34-21-16(22(30)33)9-26-23(28-21)27-15-5-4-13-6-7-29(19(32)11-31)10-14(13)8-15/h1-5,8-9,31H,6-7,10-12H2,(H,26,27,28). The van der Waals surface area contributed by atoms with E-state index in [0.717, 1.165) is 23.2 Å². The third kappa shape index (κ3) is 4.13. The van der Waals surface area contributed by atoms with Crippen LogP contribution in [0.25, 0.3) is 0 Å². The number of nitrogens with one attached hydrogen (secondary N) is 1. The molecule has 2 aliphatic heterocycles. The number of hydrogen-bond acceptors (Lipinski definition) is 7. The van der Waals surface area contributed by atoms with Gasteiger partial charge in [-0.25, -0.2) is 4.98 Å². The number of aromatic nitrogens is 2. The van der Waals surface area contributed by atoms with Gasteiger partial charge < -0.3 is 20.1 Å². The van der Waals surface area contributed by atoms with Gasteiger partial charge in [-0.05, 0) is 41.8 Å². The van der Waals surface area contributed by atoms with Gasteiger partial charge in [0.25, 0.3) is 5.91 Å². The maximum Gasteiger partial charge on any atom is 0.268 e. The van der Waals surface area contributed by atoms with E-state index in [9.17, 15) is 9.59 Å². The quantitative estimate of drug-likeness (QED) is 0.566. The first-order valence-electron chi connectivity index (χ1n) is 10.5. The van der Waals surface area contributed by atoms with Gasteiger partial charge in [-0.3, -0.25) is 14.5 Å². The van der Waals surface area contributed by atoms with Gasteiger partial charge in [-0.2, -0.15) is 4.98 Å². The normalized spacial score (nSPS) is 14.9. The highest BCUT2D eigenvalue weighted by atomic mass is 35.5. The number of aliphatic hydroxyl groups excluding tert-OH is 1. The van der Waals surface area contributed by atoms with E-state index in [1.807, 2.05) is 18.2 Å². The van der Waals surface area contributed by atoms with Crippen LogP contribution in [0.4, 0.5) is 17.3 Å². The van der Waals surface area contributed by atoms with E-state index in [1.165, 1.54) is 11.1 Å². The SMILES string of the molecule is O=C(CO)N1CCc2ccc(Nc3ncc4c(n3)OCN(c3c(Cl)cccc3Cl)C4=O)cc2C1. The van der Waals surface area contributed by atoms with Crippen molar-refractivity contribution in [3.63, 3.8) is 0 Å². The Morgan fingerprint density at radius 2 is 1.97 bits per heavy atom. The Morgan fingerprint density at radius 1 is 1.18 bits per heavy atom. The van der Waals surface area contributed by atoms with Gasteiger partial charge in [0.15, 0.2) is 6.73 Å². The molecule has 0 unspecified atom stereocenters. The first-order valence-corrected chi connectivity index (χ1v) is 11.2. The maximum absolute atomic E-state index is 13.0. The number of ether oxygens (including phenoxy) is 1. The number of aliphatic hydroxyl groups is 1. The van der Waals surface area contributed by atoms with Crippen LogP contribution < -0.4 is 15.0 Å². The van der Waals surface area contributed by atoms with Crippen molar-refractivity contribution in [2.24, 2.45) is 0 Å². The maximum atomic E-state index is 13.0. The largest absolute Gasteiger partial charge is 0.455 e. The predicted molar refractivity (Wildman–Crippen MR) is 127 cm³/mol. The van der Waals surface area contributed by atoms with Crippen LogP contribution in [0.1, 0.15) is 21.5 Å². The van der Waals surface area contributed by atoms with Gasteiger partial charge in [0.05, 0.1) is 15.7 Å². The molecule has 0 atom stereocenters. The second kappa shape index (κ2) is 9.09. The number of nitrogens with zero attached hydrogens (tertiary/aromatic N) is 4. The Bertz CT molecular complexity index is 1280. The number of anilines is 3. The number of para-hydroxylation sites is 1. The molecule has 3 aromatic rings. The number of rotatable bonds is 4. The summed E-state index contributed by atoms with van der Waals surface area (Å²) in [6, 6.07) is 10.8. The molecule has 9 nitrogen and oxygen atoms in total. The molecule has 3 heterocycles. The molecular formula is C23H19Cl2N5O4. The van der Waals surface area contributed by atoms with E-state index in [-0.39, 0.29) is 35.9 Å². The summed E-state index contributed by atoms with van der Waals surface area (Å²) < 4.78 is 5.72. The first-order chi connectivity index (χ1) is 16.4. The third-order valence-corrected chi connectivity index (χ3v) is 6.34. The molecule has 2 amide bonds. The zero-order chi connectivity index (χ0) is 23.8. The summed E-state index contributed by atoms with van der Waals surface area (Å²) in [5.74, 6) is -0.254. The van der Waals surface area contributed by atoms with Crippen molar-refractivity contribution in [1.29, 1.82) is 0 Å². The molecule has 1 aromatic heterocycles. The molecule has 0 saturated heterocycles. The minimum absolute atomic E-state index is 0.0979. The molecule has 0 radical (unpaired) electrons. The second-order valence-corrected chi connectivity index (χ2v) is 8.64. The molecule has 2 aliphatic rings. The molecular weight excluding hydrogens is 481 g/mol. The van der Waals surface area contributed by atoms with Crippen molar-refractivity contribution in [2.45, 2.75) is 13.0 Å². The average molecular weight is 500 g/mol. The molecule has 2 N–H and O–H groups in total. The lowest BCUT2D eigenvalue weighted by Gasteiger charge is -2.29. The Labute approximate surface area is 204 Å². The lowest BCUT2D eigenvalue weighted by molar-refractivity contribution is -0.135.